The van der Waals surface area contributed by atoms with Gasteiger partial charge >= 0.3 is 5.97 Å². The van der Waals surface area contributed by atoms with Crippen molar-refractivity contribution in [2.24, 2.45) is 0 Å². The Hall–Kier alpha value is -1.85. The smallest absolute Gasteiger partial charge is 0.326 e. The first-order valence-electron chi connectivity index (χ1n) is 5.92. The molecule has 0 aliphatic carbocycles. The fraction of sp³-hybridized carbons (Fsp3) is 0.583. The molecule has 0 aromatic carbocycles. The zero-order chi connectivity index (χ0) is 13.9. The minimum Gasteiger partial charge on any atom is -0.480 e. The lowest BCUT2D eigenvalue weighted by Gasteiger charge is -2.24. The van der Waals surface area contributed by atoms with Crippen LogP contribution in [0.4, 0.5) is 5.82 Å². The maximum atomic E-state index is 12.2. The Labute approximate surface area is 106 Å². The molecule has 100 valence electrons. The van der Waals surface area contributed by atoms with E-state index < -0.39 is 12.0 Å². The second-order valence-corrected chi connectivity index (χ2v) is 4.43. The molecule has 0 bridgehead atoms. The lowest BCUT2D eigenvalue weighted by Crippen LogP contribution is -2.42. The molecule has 1 atom stereocenters. The van der Waals surface area contributed by atoms with Crippen molar-refractivity contribution in [2.75, 3.05) is 11.9 Å². The third kappa shape index (κ3) is 2.69. The first kappa shape index (κ1) is 14.2. The number of aromatic nitrogens is 2. The maximum Gasteiger partial charge on any atom is 0.326 e. The van der Waals surface area contributed by atoms with Gasteiger partial charge in [-0.05, 0) is 20.3 Å². The van der Waals surface area contributed by atoms with E-state index in [0.29, 0.717) is 6.42 Å². The molecule has 6 nitrogen and oxygen atoms in total. The number of hydrogen-bond donors (Lipinski definition) is 1. The molecule has 6 heteroatoms. The van der Waals surface area contributed by atoms with E-state index in [1.807, 2.05) is 13.8 Å². The molecule has 1 N–H and O–H groups in total. The van der Waals surface area contributed by atoms with Gasteiger partial charge in [0.15, 0.2) is 5.82 Å². The largest absolute Gasteiger partial charge is 0.480 e. The number of hydrogen-bond acceptors (Lipinski definition) is 4. The van der Waals surface area contributed by atoms with Crippen molar-refractivity contribution in [3.05, 3.63) is 22.7 Å². The Bertz CT molecular complexity index is 482. The summed E-state index contributed by atoms with van der Waals surface area (Å²) in [4.78, 5) is 28.7. The number of likely N-dealkylation sites (N-methyl/N-ethyl adjacent to an activating group) is 1. The zero-order valence-electron chi connectivity index (χ0n) is 11.1. The van der Waals surface area contributed by atoms with Crippen LogP contribution >= 0.6 is 0 Å². The van der Waals surface area contributed by atoms with Crippen molar-refractivity contribution in [2.45, 2.75) is 39.3 Å². The van der Waals surface area contributed by atoms with Crippen LogP contribution in [0.25, 0.3) is 0 Å². The van der Waals surface area contributed by atoms with Gasteiger partial charge in [-0.15, -0.1) is 0 Å². The Morgan fingerprint density at radius 3 is 2.61 bits per heavy atom. The average molecular weight is 253 g/mol. The third-order valence-corrected chi connectivity index (χ3v) is 2.88. The summed E-state index contributed by atoms with van der Waals surface area (Å²) in [6.45, 7) is 5.54. The van der Waals surface area contributed by atoms with Gasteiger partial charge < -0.3 is 14.6 Å². The fourth-order valence-electron chi connectivity index (χ4n) is 1.82. The lowest BCUT2D eigenvalue weighted by atomic mass is 10.2. The number of rotatable bonds is 5. The quantitative estimate of drug-likeness (QED) is 0.851. The molecule has 0 saturated heterocycles. The van der Waals surface area contributed by atoms with Gasteiger partial charge in [-0.2, -0.15) is 0 Å². The minimum atomic E-state index is -0.957. The number of carbonyl (C=O) groups is 1. The molecule has 0 saturated carbocycles. The fourth-order valence-corrected chi connectivity index (χ4v) is 1.82. The SMILES string of the molecule is CCC(C(=O)O)N(C)c1nccn(C(C)C)c1=O. The standard InChI is InChI=1S/C12H19N3O3/c1-5-9(12(17)18)14(4)10-11(16)15(8(2)3)7-6-13-10/h6-9H,5H2,1-4H3,(H,17,18). The highest BCUT2D eigenvalue weighted by molar-refractivity contribution is 5.77. The van der Waals surface area contributed by atoms with E-state index in [2.05, 4.69) is 4.98 Å². The third-order valence-electron chi connectivity index (χ3n) is 2.88. The van der Waals surface area contributed by atoms with Crippen molar-refractivity contribution in [3.63, 3.8) is 0 Å². The van der Waals surface area contributed by atoms with Crippen molar-refractivity contribution in [3.8, 4) is 0 Å². The van der Waals surface area contributed by atoms with E-state index in [-0.39, 0.29) is 17.4 Å². The normalized spacial score (nSPS) is 12.5. The second kappa shape index (κ2) is 5.66. The van der Waals surface area contributed by atoms with E-state index in [4.69, 9.17) is 5.11 Å². The number of nitrogens with zero attached hydrogens (tertiary/aromatic N) is 3. The molecule has 18 heavy (non-hydrogen) atoms. The van der Waals surface area contributed by atoms with Crippen LogP contribution in [0.5, 0.6) is 0 Å². The van der Waals surface area contributed by atoms with Crippen LogP contribution in [0.1, 0.15) is 33.2 Å². The van der Waals surface area contributed by atoms with Crippen molar-refractivity contribution in [1.82, 2.24) is 9.55 Å². The van der Waals surface area contributed by atoms with Crippen LogP contribution < -0.4 is 10.5 Å². The highest BCUT2D eigenvalue weighted by Crippen LogP contribution is 2.10. The van der Waals surface area contributed by atoms with Gasteiger partial charge in [0.1, 0.15) is 6.04 Å². The van der Waals surface area contributed by atoms with Crippen LogP contribution in [-0.2, 0) is 4.79 Å². The second-order valence-electron chi connectivity index (χ2n) is 4.43. The van der Waals surface area contributed by atoms with E-state index in [9.17, 15) is 9.59 Å². The van der Waals surface area contributed by atoms with E-state index >= 15 is 0 Å². The van der Waals surface area contributed by atoms with Gasteiger partial charge in [-0.1, -0.05) is 6.92 Å². The predicted octanol–water partition coefficient (Wildman–Crippen LogP) is 1.12. The summed E-state index contributed by atoms with van der Waals surface area (Å²) in [5.74, 6) is -0.790. The van der Waals surface area contributed by atoms with Crippen molar-refractivity contribution in [1.29, 1.82) is 0 Å². The summed E-state index contributed by atoms with van der Waals surface area (Å²) in [6, 6.07) is -0.731. The molecule has 0 amide bonds. The predicted molar refractivity (Wildman–Crippen MR) is 69.0 cm³/mol. The Morgan fingerprint density at radius 1 is 1.56 bits per heavy atom. The molecular weight excluding hydrogens is 234 g/mol. The van der Waals surface area contributed by atoms with E-state index in [1.54, 1.807) is 20.2 Å². The lowest BCUT2D eigenvalue weighted by molar-refractivity contribution is -0.138. The highest BCUT2D eigenvalue weighted by Gasteiger charge is 2.24. The molecule has 1 aromatic heterocycles. The van der Waals surface area contributed by atoms with Gasteiger partial charge in [0.2, 0.25) is 0 Å². The summed E-state index contributed by atoms with van der Waals surface area (Å²) in [7, 11) is 1.58. The zero-order valence-corrected chi connectivity index (χ0v) is 11.1. The van der Waals surface area contributed by atoms with Crippen LogP contribution in [0.15, 0.2) is 17.2 Å². The number of carboxylic acid groups (broad SMARTS) is 1. The van der Waals surface area contributed by atoms with Gasteiger partial charge in [0, 0.05) is 25.5 Å². The molecule has 1 heterocycles. The monoisotopic (exact) mass is 253 g/mol. The van der Waals surface area contributed by atoms with Crippen LogP contribution in [-0.4, -0.2) is 33.7 Å². The van der Waals surface area contributed by atoms with Crippen molar-refractivity contribution >= 4 is 11.8 Å². The summed E-state index contributed by atoms with van der Waals surface area (Å²) in [5, 5.41) is 9.10. The van der Waals surface area contributed by atoms with Crippen LogP contribution in [0.2, 0.25) is 0 Å². The first-order valence-corrected chi connectivity index (χ1v) is 5.92. The van der Waals surface area contributed by atoms with E-state index in [1.165, 1.54) is 15.7 Å². The molecule has 0 aliphatic heterocycles. The number of carboxylic acids is 1. The molecule has 1 unspecified atom stereocenters. The Kier molecular flexibility index (Phi) is 4.47. The van der Waals surface area contributed by atoms with Gasteiger partial charge in [-0.25, -0.2) is 9.78 Å². The molecule has 1 aromatic rings. The van der Waals surface area contributed by atoms with Crippen LogP contribution in [0.3, 0.4) is 0 Å². The van der Waals surface area contributed by atoms with Crippen molar-refractivity contribution < 1.29 is 9.90 Å². The van der Waals surface area contributed by atoms with Gasteiger partial charge in [-0.3, -0.25) is 4.79 Å². The first-order chi connectivity index (χ1) is 8.40. The summed E-state index contributed by atoms with van der Waals surface area (Å²) in [6.07, 6.45) is 3.53. The molecule has 0 radical (unpaired) electrons. The molecule has 1 rings (SSSR count). The number of aliphatic carboxylic acids is 1. The summed E-state index contributed by atoms with van der Waals surface area (Å²) >= 11 is 0. The van der Waals surface area contributed by atoms with Gasteiger partial charge in [0.25, 0.3) is 5.56 Å². The van der Waals surface area contributed by atoms with Crippen LogP contribution in [0, 0.1) is 0 Å². The molecule has 0 spiro atoms. The Morgan fingerprint density at radius 2 is 2.17 bits per heavy atom. The maximum absolute atomic E-state index is 12.2. The topological polar surface area (TPSA) is 75.4 Å². The average Bonchev–Trinajstić information content (AvgIpc) is 2.29. The number of anilines is 1. The Balaban J connectivity index is 3.21. The van der Waals surface area contributed by atoms with E-state index in [0.717, 1.165) is 0 Å². The highest BCUT2D eigenvalue weighted by atomic mass is 16.4. The summed E-state index contributed by atoms with van der Waals surface area (Å²) in [5.41, 5.74) is -0.269. The molecule has 0 fully saturated rings. The van der Waals surface area contributed by atoms with Gasteiger partial charge in [0.05, 0.1) is 0 Å². The molecular formula is C12H19N3O3. The minimum absolute atomic E-state index is 0.0116. The summed E-state index contributed by atoms with van der Waals surface area (Å²) < 4.78 is 1.54. The molecule has 0 aliphatic rings.